The molecule has 5 heteroatoms. The summed E-state index contributed by atoms with van der Waals surface area (Å²) in [6.45, 7) is 2.90. The fourth-order valence-electron chi connectivity index (χ4n) is 1.17. The molecule has 0 aliphatic rings. The first kappa shape index (κ1) is 11.2. The maximum atomic E-state index is 10.9. The molecule has 1 aromatic rings. The van der Waals surface area contributed by atoms with Crippen molar-refractivity contribution in [2.45, 2.75) is 19.8 Å². The third-order valence-electron chi connectivity index (χ3n) is 1.97. The smallest absolute Gasteiger partial charge is 0.310 e. The summed E-state index contributed by atoms with van der Waals surface area (Å²) in [5.41, 5.74) is 0.500. The summed E-state index contributed by atoms with van der Waals surface area (Å²) in [7, 11) is 0. The zero-order chi connectivity index (χ0) is 11.4. The number of hydrogen-bond acceptors (Lipinski definition) is 3. The van der Waals surface area contributed by atoms with Crippen molar-refractivity contribution in [3.63, 3.8) is 0 Å². The second-order valence-electron chi connectivity index (χ2n) is 3.18. The summed E-state index contributed by atoms with van der Waals surface area (Å²) < 4.78 is 0. The number of carbonyl (C=O) groups excluding carboxylic acids is 1. The van der Waals surface area contributed by atoms with Gasteiger partial charge in [0.2, 0.25) is 5.91 Å². The maximum absolute atomic E-state index is 10.9. The minimum absolute atomic E-state index is 0.271. The van der Waals surface area contributed by atoms with Crippen molar-refractivity contribution in [3.05, 3.63) is 23.9 Å². The van der Waals surface area contributed by atoms with E-state index in [0.29, 0.717) is 11.4 Å². The number of carbonyl (C=O) groups is 2. The number of aliphatic carboxylic acids is 1. The molecule has 0 saturated heterocycles. The van der Waals surface area contributed by atoms with E-state index >= 15 is 0 Å². The average Bonchev–Trinajstić information content (AvgIpc) is 2.16. The van der Waals surface area contributed by atoms with Gasteiger partial charge in [-0.25, -0.2) is 4.98 Å². The van der Waals surface area contributed by atoms with Crippen LogP contribution in [0.15, 0.2) is 18.3 Å². The Labute approximate surface area is 87.1 Å². The van der Waals surface area contributed by atoms with Gasteiger partial charge >= 0.3 is 5.97 Å². The molecule has 1 unspecified atom stereocenters. The van der Waals surface area contributed by atoms with Gasteiger partial charge in [0.25, 0.3) is 0 Å². The van der Waals surface area contributed by atoms with Gasteiger partial charge in [0, 0.05) is 18.7 Å². The molecule has 0 aliphatic heterocycles. The average molecular weight is 208 g/mol. The zero-order valence-electron chi connectivity index (χ0n) is 8.52. The molecule has 0 aliphatic carbocycles. The second-order valence-corrected chi connectivity index (χ2v) is 3.18. The quantitative estimate of drug-likeness (QED) is 0.782. The van der Waals surface area contributed by atoms with Crippen LogP contribution < -0.4 is 5.32 Å². The lowest BCUT2D eigenvalue weighted by Crippen LogP contribution is -2.14. The SMILES string of the molecule is CC(=O)Nc1ncccc1C(C)C(=O)O. The van der Waals surface area contributed by atoms with Gasteiger partial charge in [0.05, 0.1) is 5.92 Å². The number of pyridine rings is 1. The molecule has 0 bridgehead atoms. The predicted octanol–water partition coefficient (Wildman–Crippen LogP) is 1.23. The highest BCUT2D eigenvalue weighted by molar-refractivity contribution is 5.89. The van der Waals surface area contributed by atoms with E-state index < -0.39 is 11.9 Å². The van der Waals surface area contributed by atoms with E-state index in [0.717, 1.165) is 0 Å². The molecule has 15 heavy (non-hydrogen) atoms. The molecule has 5 nitrogen and oxygen atoms in total. The Morgan fingerprint density at radius 2 is 2.20 bits per heavy atom. The van der Waals surface area contributed by atoms with Crippen molar-refractivity contribution in [1.29, 1.82) is 0 Å². The Hall–Kier alpha value is -1.91. The van der Waals surface area contributed by atoms with Crippen molar-refractivity contribution < 1.29 is 14.7 Å². The van der Waals surface area contributed by atoms with E-state index in [1.807, 2.05) is 0 Å². The monoisotopic (exact) mass is 208 g/mol. The van der Waals surface area contributed by atoms with Crippen molar-refractivity contribution in [2.24, 2.45) is 0 Å². The first-order chi connectivity index (χ1) is 7.02. The Morgan fingerprint density at radius 1 is 1.53 bits per heavy atom. The Bertz CT molecular complexity index is 390. The lowest BCUT2D eigenvalue weighted by Gasteiger charge is -2.11. The molecule has 1 rings (SSSR count). The zero-order valence-corrected chi connectivity index (χ0v) is 8.52. The van der Waals surface area contributed by atoms with Crippen molar-refractivity contribution in [2.75, 3.05) is 5.32 Å². The molecule has 0 spiro atoms. The molecule has 0 aromatic carbocycles. The van der Waals surface area contributed by atoms with Gasteiger partial charge in [-0.15, -0.1) is 0 Å². The summed E-state index contributed by atoms with van der Waals surface area (Å²) in [6.07, 6.45) is 1.50. The molecular formula is C10H12N2O3. The Balaban J connectivity index is 3.05. The first-order valence-corrected chi connectivity index (χ1v) is 4.47. The Kier molecular flexibility index (Phi) is 3.38. The lowest BCUT2D eigenvalue weighted by molar-refractivity contribution is -0.138. The van der Waals surface area contributed by atoms with Crippen LogP contribution in [-0.2, 0) is 9.59 Å². The van der Waals surface area contributed by atoms with Crippen LogP contribution in [0.2, 0.25) is 0 Å². The summed E-state index contributed by atoms with van der Waals surface area (Å²) in [5, 5.41) is 11.3. The van der Waals surface area contributed by atoms with Crippen molar-refractivity contribution >= 4 is 17.7 Å². The van der Waals surface area contributed by atoms with Gasteiger partial charge < -0.3 is 10.4 Å². The highest BCUT2D eigenvalue weighted by Crippen LogP contribution is 2.22. The normalized spacial score (nSPS) is 11.9. The van der Waals surface area contributed by atoms with E-state index in [1.165, 1.54) is 13.1 Å². The molecule has 1 heterocycles. The van der Waals surface area contributed by atoms with Gasteiger partial charge in [-0.05, 0) is 13.0 Å². The highest BCUT2D eigenvalue weighted by atomic mass is 16.4. The third kappa shape index (κ3) is 2.77. The number of carboxylic acids is 1. The minimum Gasteiger partial charge on any atom is -0.481 e. The molecule has 1 atom stereocenters. The summed E-state index contributed by atoms with van der Waals surface area (Å²) in [6, 6.07) is 3.27. The standard InChI is InChI=1S/C10H12N2O3/c1-6(10(14)15)8-4-3-5-11-9(8)12-7(2)13/h3-6H,1-2H3,(H,14,15)(H,11,12,13). The van der Waals surface area contributed by atoms with Gasteiger partial charge in [-0.1, -0.05) is 6.07 Å². The van der Waals surface area contributed by atoms with E-state index in [-0.39, 0.29) is 5.91 Å². The number of rotatable bonds is 3. The van der Waals surface area contributed by atoms with Crippen LogP contribution in [-0.4, -0.2) is 22.0 Å². The Morgan fingerprint density at radius 3 is 2.73 bits per heavy atom. The molecule has 80 valence electrons. The van der Waals surface area contributed by atoms with Gasteiger partial charge in [-0.3, -0.25) is 9.59 Å². The van der Waals surface area contributed by atoms with Crippen molar-refractivity contribution in [1.82, 2.24) is 4.98 Å². The second kappa shape index (κ2) is 4.54. The molecular weight excluding hydrogens is 196 g/mol. The number of hydrogen-bond donors (Lipinski definition) is 2. The van der Waals surface area contributed by atoms with Crippen LogP contribution in [0.25, 0.3) is 0 Å². The summed E-state index contributed by atoms with van der Waals surface area (Å²) in [4.78, 5) is 25.6. The number of nitrogens with one attached hydrogen (secondary N) is 1. The fraction of sp³-hybridized carbons (Fsp3) is 0.300. The third-order valence-corrected chi connectivity index (χ3v) is 1.97. The number of nitrogens with zero attached hydrogens (tertiary/aromatic N) is 1. The van der Waals surface area contributed by atoms with Crippen LogP contribution in [0.5, 0.6) is 0 Å². The van der Waals surface area contributed by atoms with E-state index in [9.17, 15) is 9.59 Å². The highest BCUT2D eigenvalue weighted by Gasteiger charge is 2.18. The maximum Gasteiger partial charge on any atom is 0.310 e. The fourth-order valence-corrected chi connectivity index (χ4v) is 1.17. The van der Waals surface area contributed by atoms with Gasteiger partial charge in [0.1, 0.15) is 5.82 Å². The van der Waals surface area contributed by atoms with Crippen molar-refractivity contribution in [3.8, 4) is 0 Å². The van der Waals surface area contributed by atoms with E-state index in [1.54, 1.807) is 19.1 Å². The topological polar surface area (TPSA) is 79.3 Å². The number of anilines is 1. The predicted molar refractivity (Wildman–Crippen MR) is 54.6 cm³/mol. The van der Waals surface area contributed by atoms with Crippen LogP contribution >= 0.6 is 0 Å². The lowest BCUT2D eigenvalue weighted by atomic mass is 10.0. The number of aromatic nitrogens is 1. The van der Waals surface area contributed by atoms with Crippen LogP contribution in [0.4, 0.5) is 5.82 Å². The van der Waals surface area contributed by atoms with E-state index in [2.05, 4.69) is 10.3 Å². The van der Waals surface area contributed by atoms with Gasteiger partial charge in [0.15, 0.2) is 0 Å². The summed E-state index contributed by atoms with van der Waals surface area (Å²) in [5.74, 6) is -1.61. The summed E-state index contributed by atoms with van der Waals surface area (Å²) >= 11 is 0. The van der Waals surface area contributed by atoms with Crippen LogP contribution in [0, 0.1) is 0 Å². The molecule has 1 aromatic heterocycles. The molecule has 0 fully saturated rings. The molecule has 2 N–H and O–H groups in total. The largest absolute Gasteiger partial charge is 0.481 e. The molecule has 1 amide bonds. The van der Waals surface area contributed by atoms with Crippen LogP contribution in [0.3, 0.4) is 0 Å². The number of carboxylic acid groups (broad SMARTS) is 1. The first-order valence-electron chi connectivity index (χ1n) is 4.47. The molecule has 0 radical (unpaired) electrons. The van der Waals surface area contributed by atoms with Gasteiger partial charge in [-0.2, -0.15) is 0 Å². The van der Waals surface area contributed by atoms with E-state index in [4.69, 9.17) is 5.11 Å². The number of amides is 1. The molecule has 0 saturated carbocycles. The van der Waals surface area contributed by atoms with Crippen LogP contribution in [0.1, 0.15) is 25.3 Å². The minimum atomic E-state index is -0.949.